The van der Waals surface area contributed by atoms with Crippen LogP contribution in [-0.2, 0) is 4.79 Å². The molecule has 1 fully saturated rings. The summed E-state index contributed by atoms with van der Waals surface area (Å²) in [4.78, 5) is 26.8. The number of benzene rings is 2. The number of urea groups is 1. The third-order valence-corrected chi connectivity index (χ3v) is 4.62. The standard InChI is InChI=1S/C21H26N4O2/c1-2-22-21(27)24-20(26)19(16-8-4-3-5-9-16)23-17-10-12-18(13-11-17)25-14-6-7-15-25/h3-5,8-13,19,23H,2,6-7,14-15H2,1H3,(H2,22,24,26,27)/t19-/m1/s1. The summed E-state index contributed by atoms with van der Waals surface area (Å²) in [6.07, 6.45) is 2.46. The molecule has 0 aliphatic carbocycles. The van der Waals surface area contributed by atoms with Crippen molar-refractivity contribution in [1.82, 2.24) is 10.6 Å². The highest BCUT2D eigenvalue weighted by atomic mass is 16.2. The van der Waals surface area contributed by atoms with E-state index in [-0.39, 0.29) is 0 Å². The van der Waals surface area contributed by atoms with Gasteiger partial charge >= 0.3 is 6.03 Å². The van der Waals surface area contributed by atoms with Crippen molar-refractivity contribution in [2.24, 2.45) is 0 Å². The Morgan fingerprint density at radius 3 is 2.30 bits per heavy atom. The Labute approximate surface area is 159 Å². The second-order valence-electron chi connectivity index (χ2n) is 6.58. The van der Waals surface area contributed by atoms with E-state index in [1.54, 1.807) is 6.92 Å². The maximum absolute atomic E-state index is 12.7. The van der Waals surface area contributed by atoms with Crippen molar-refractivity contribution >= 4 is 23.3 Å². The Kier molecular flexibility index (Phi) is 6.30. The molecule has 0 bridgehead atoms. The first kappa shape index (κ1) is 18.8. The topological polar surface area (TPSA) is 73.5 Å². The summed E-state index contributed by atoms with van der Waals surface area (Å²) < 4.78 is 0. The summed E-state index contributed by atoms with van der Waals surface area (Å²) in [5.41, 5.74) is 2.82. The van der Waals surface area contributed by atoms with E-state index < -0.39 is 18.0 Å². The molecular formula is C21H26N4O2. The molecule has 3 rings (SSSR count). The van der Waals surface area contributed by atoms with Gasteiger partial charge in [-0.05, 0) is 49.6 Å². The number of nitrogens with zero attached hydrogens (tertiary/aromatic N) is 1. The molecule has 0 spiro atoms. The van der Waals surface area contributed by atoms with Gasteiger partial charge in [0.1, 0.15) is 6.04 Å². The number of imide groups is 1. The van der Waals surface area contributed by atoms with Crippen molar-refractivity contribution in [3.8, 4) is 0 Å². The first-order valence-corrected chi connectivity index (χ1v) is 9.42. The molecule has 0 aromatic heterocycles. The third-order valence-electron chi connectivity index (χ3n) is 4.62. The Balaban J connectivity index is 1.74. The highest BCUT2D eigenvalue weighted by molar-refractivity contribution is 5.98. The lowest BCUT2D eigenvalue weighted by Gasteiger charge is -2.21. The van der Waals surface area contributed by atoms with E-state index in [9.17, 15) is 9.59 Å². The first-order valence-electron chi connectivity index (χ1n) is 9.42. The highest BCUT2D eigenvalue weighted by Gasteiger charge is 2.22. The predicted octanol–water partition coefficient (Wildman–Crippen LogP) is 3.29. The van der Waals surface area contributed by atoms with Gasteiger partial charge in [-0.25, -0.2) is 4.79 Å². The molecule has 1 aliphatic heterocycles. The average molecular weight is 366 g/mol. The lowest BCUT2D eigenvalue weighted by atomic mass is 10.1. The second-order valence-corrected chi connectivity index (χ2v) is 6.58. The summed E-state index contributed by atoms with van der Waals surface area (Å²) in [6.45, 7) is 4.45. The lowest BCUT2D eigenvalue weighted by molar-refractivity contribution is -0.120. The van der Waals surface area contributed by atoms with Crippen molar-refractivity contribution in [2.45, 2.75) is 25.8 Å². The molecule has 27 heavy (non-hydrogen) atoms. The number of rotatable bonds is 6. The fourth-order valence-corrected chi connectivity index (χ4v) is 3.25. The molecular weight excluding hydrogens is 340 g/mol. The molecule has 0 saturated carbocycles. The van der Waals surface area contributed by atoms with Crippen LogP contribution in [0.4, 0.5) is 16.2 Å². The van der Waals surface area contributed by atoms with Crippen LogP contribution in [0.1, 0.15) is 31.4 Å². The Hall–Kier alpha value is -3.02. The molecule has 0 unspecified atom stereocenters. The molecule has 142 valence electrons. The van der Waals surface area contributed by atoms with Crippen LogP contribution in [0.3, 0.4) is 0 Å². The number of hydrogen-bond acceptors (Lipinski definition) is 4. The van der Waals surface area contributed by atoms with Gasteiger partial charge in [-0.3, -0.25) is 10.1 Å². The number of amides is 3. The molecule has 1 aliphatic rings. The van der Waals surface area contributed by atoms with Crippen LogP contribution in [0.25, 0.3) is 0 Å². The molecule has 6 heteroatoms. The Bertz CT molecular complexity index is 756. The summed E-state index contributed by atoms with van der Waals surface area (Å²) in [5.74, 6) is -0.393. The SMILES string of the molecule is CCNC(=O)NC(=O)[C@H](Nc1ccc(N2CCCC2)cc1)c1ccccc1. The molecule has 1 saturated heterocycles. The first-order chi connectivity index (χ1) is 13.2. The molecule has 2 aromatic carbocycles. The van der Waals surface area contributed by atoms with Crippen molar-refractivity contribution in [2.75, 3.05) is 29.9 Å². The smallest absolute Gasteiger partial charge is 0.321 e. The van der Waals surface area contributed by atoms with Crippen LogP contribution in [0.5, 0.6) is 0 Å². The van der Waals surface area contributed by atoms with Crippen LogP contribution >= 0.6 is 0 Å². The van der Waals surface area contributed by atoms with Crippen LogP contribution < -0.4 is 20.9 Å². The Morgan fingerprint density at radius 2 is 1.67 bits per heavy atom. The van der Waals surface area contributed by atoms with Crippen molar-refractivity contribution in [1.29, 1.82) is 0 Å². The van der Waals surface area contributed by atoms with Crippen LogP contribution in [0.15, 0.2) is 54.6 Å². The zero-order valence-electron chi connectivity index (χ0n) is 15.6. The minimum atomic E-state index is -0.661. The highest BCUT2D eigenvalue weighted by Crippen LogP contribution is 2.25. The predicted molar refractivity (Wildman–Crippen MR) is 108 cm³/mol. The van der Waals surface area contributed by atoms with E-state index in [0.717, 1.165) is 24.3 Å². The molecule has 2 aromatic rings. The minimum absolute atomic E-state index is 0.393. The minimum Gasteiger partial charge on any atom is -0.372 e. The molecule has 6 nitrogen and oxygen atoms in total. The monoisotopic (exact) mass is 366 g/mol. The van der Waals surface area contributed by atoms with E-state index in [1.165, 1.54) is 18.5 Å². The maximum Gasteiger partial charge on any atom is 0.321 e. The van der Waals surface area contributed by atoms with Crippen LogP contribution in [0, 0.1) is 0 Å². The average Bonchev–Trinajstić information content (AvgIpc) is 3.22. The van der Waals surface area contributed by atoms with Gasteiger partial charge in [0.2, 0.25) is 0 Å². The summed E-state index contributed by atoms with van der Waals surface area (Å²) in [7, 11) is 0. The lowest BCUT2D eigenvalue weighted by Crippen LogP contribution is -2.43. The second kappa shape index (κ2) is 9.07. The normalized spacial score (nSPS) is 14.5. The van der Waals surface area contributed by atoms with Gasteiger partial charge in [-0.15, -0.1) is 0 Å². The quantitative estimate of drug-likeness (QED) is 0.733. The fraction of sp³-hybridized carbons (Fsp3) is 0.333. The molecule has 3 amide bonds. The number of hydrogen-bond donors (Lipinski definition) is 3. The molecule has 0 radical (unpaired) electrons. The fourth-order valence-electron chi connectivity index (χ4n) is 3.25. The van der Waals surface area contributed by atoms with Gasteiger partial charge in [0.25, 0.3) is 5.91 Å². The van der Waals surface area contributed by atoms with Gasteiger partial charge in [0, 0.05) is 31.0 Å². The summed E-state index contributed by atoms with van der Waals surface area (Å²) >= 11 is 0. The number of carbonyl (C=O) groups is 2. The van der Waals surface area contributed by atoms with Gasteiger partial charge in [0.05, 0.1) is 0 Å². The zero-order chi connectivity index (χ0) is 19.1. The van der Waals surface area contributed by atoms with Crippen molar-refractivity contribution in [3.05, 3.63) is 60.2 Å². The largest absolute Gasteiger partial charge is 0.372 e. The number of nitrogens with one attached hydrogen (secondary N) is 3. The number of carbonyl (C=O) groups excluding carboxylic acids is 2. The molecule has 1 atom stereocenters. The Morgan fingerprint density at radius 1 is 1.00 bits per heavy atom. The summed E-state index contributed by atoms with van der Waals surface area (Å²) in [6, 6.07) is 16.3. The molecule has 3 N–H and O–H groups in total. The maximum atomic E-state index is 12.7. The zero-order valence-corrected chi connectivity index (χ0v) is 15.6. The van der Waals surface area contributed by atoms with Gasteiger partial charge in [-0.1, -0.05) is 30.3 Å². The van der Waals surface area contributed by atoms with E-state index >= 15 is 0 Å². The molecule has 1 heterocycles. The van der Waals surface area contributed by atoms with Gasteiger partial charge < -0.3 is 15.5 Å². The van der Waals surface area contributed by atoms with Gasteiger partial charge in [0.15, 0.2) is 0 Å². The van der Waals surface area contributed by atoms with Crippen molar-refractivity contribution in [3.63, 3.8) is 0 Å². The third kappa shape index (κ3) is 5.00. The van der Waals surface area contributed by atoms with E-state index in [2.05, 4.69) is 33.0 Å². The van der Waals surface area contributed by atoms with E-state index in [1.807, 2.05) is 42.5 Å². The van der Waals surface area contributed by atoms with Crippen LogP contribution in [-0.4, -0.2) is 31.6 Å². The summed E-state index contributed by atoms with van der Waals surface area (Å²) in [5, 5.41) is 8.23. The number of anilines is 2. The van der Waals surface area contributed by atoms with E-state index in [4.69, 9.17) is 0 Å². The van der Waals surface area contributed by atoms with Crippen LogP contribution in [0.2, 0.25) is 0 Å². The van der Waals surface area contributed by atoms with Crippen molar-refractivity contribution < 1.29 is 9.59 Å². The van der Waals surface area contributed by atoms with E-state index in [0.29, 0.717) is 6.54 Å². The van der Waals surface area contributed by atoms with Gasteiger partial charge in [-0.2, -0.15) is 0 Å².